The Bertz CT molecular complexity index is 458. The summed E-state index contributed by atoms with van der Waals surface area (Å²) in [6.07, 6.45) is 3.14. The Morgan fingerprint density at radius 2 is 2.00 bits per heavy atom. The van der Waals surface area contributed by atoms with E-state index in [0.717, 1.165) is 11.4 Å². The van der Waals surface area contributed by atoms with Crippen molar-refractivity contribution in [3.63, 3.8) is 0 Å². The zero-order chi connectivity index (χ0) is 12.1. The van der Waals surface area contributed by atoms with Crippen LogP contribution in [0.3, 0.4) is 0 Å². The maximum absolute atomic E-state index is 12.8. The highest BCUT2D eigenvalue weighted by molar-refractivity contribution is 5.44. The van der Waals surface area contributed by atoms with Crippen molar-refractivity contribution in [2.75, 3.05) is 11.9 Å². The molecule has 0 spiro atoms. The van der Waals surface area contributed by atoms with Crippen molar-refractivity contribution >= 4 is 5.69 Å². The molecule has 1 unspecified atom stereocenters. The standard InChI is InChI=1S/C12H13FN4/c13-9-1-3-10(4-2-9)17-12(7-14)11-5-6-15-8-16-11/h1-6,8,12,17H,7,14H2. The quantitative estimate of drug-likeness (QED) is 0.842. The second kappa shape index (κ2) is 5.36. The highest BCUT2D eigenvalue weighted by Gasteiger charge is 2.10. The van der Waals surface area contributed by atoms with Crippen LogP contribution in [0.4, 0.5) is 10.1 Å². The van der Waals surface area contributed by atoms with Crippen molar-refractivity contribution in [3.05, 3.63) is 54.4 Å². The summed E-state index contributed by atoms with van der Waals surface area (Å²) in [5.74, 6) is -0.262. The summed E-state index contributed by atoms with van der Waals surface area (Å²) >= 11 is 0. The minimum atomic E-state index is -0.262. The Kier molecular flexibility index (Phi) is 3.62. The van der Waals surface area contributed by atoms with E-state index in [9.17, 15) is 4.39 Å². The lowest BCUT2D eigenvalue weighted by Gasteiger charge is -2.17. The normalized spacial score (nSPS) is 12.1. The van der Waals surface area contributed by atoms with Crippen molar-refractivity contribution in [3.8, 4) is 0 Å². The van der Waals surface area contributed by atoms with Crippen LogP contribution in [0.25, 0.3) is 0 Å². The van der Waals surface area contributed by atoms with Crippen molar-refractivity contribution in [2.24, 2.45) is 5.73 Å². The Hall–Kier alpha value is -2.01. The second-order valence-corrected chi connectivity index (χ2v) is 3.57. The first-order chi connectivity index (χ1) is 8.29. The lowest BCUT2D eigenvalue weighted by Crippen LogP contribution is -2.21. The van der Waals surface area contributed by atoms with Gasteiger partial charge in [0.15, 0.2) is 0 Å². The van der Waals surface area contributed by atoms with E-state index >= 15 is 0 Å². The van der Waals surface area contributed by atoms with Gasteiger partial charge in [0.1, 0.15) is 12.1 Å². The third-order valence-corrected chi connectivity index (χ3v) is 2.38. The molecule has 4 nitrogen and oxygen atoms in total. The molecule has 2 rings (SSSR count). The monoisotopic (exact) mass is 232 g/mol. The van der Waals surface area contributed by atoms with Gasteiger partial charge in [-0.25, -0.2) is 14.4 Å². The molecule has 0 amide bonds. The van der Waals surface area contributed by atoms with Crippen LogP contribution in [0.15, 0.2) is 42.9 Å². The van der Waals surface area contributed by atoms with Gasteiger partial charge in [-0.1, -0.05) is 0 Å². The molecule has 88 valence electrons. The Morgan fingerprint density at radius 1 is 1.24 bits per heavy atom. The van der Waals surface area contributed by atoms with Gasteiger partial charge in [0.05, 0.1) is 11.7 Å². The number of anilines is 1. The smallest absolute Gasteiger partial charge is 0.123 e. The number of hydrogen-bond donors (Lipinski definition) is 2. The number of hydrogen-bond acceptors (Lipinski definition) is 4. The number of nitrogens with zero attached hydrogens (tertiary/aromatic N) is 2. The zero-order valence-corrected chi connectivity index (χ0v) is 9.18. The van der Waals surface area contributed by atoms with Crippen molar-refractivity contribution < 1.29 is 4.39 Å². The van der Waals surface area contributed by atoms with Crippen molar-refractivity contribution in [2.45, 2.75) is 6.04 Å². The zero-order valence-electron chi connectivity index (χ0n) is 9.18. The molecule has 2 aromatic rings. The van der Waals surface area contributed by atoms with Crippen LogP contribution in [0.2, 0.25) is 0 Å². The molecule has 0 saturated heterocycles. The van der Waals surface area contributed by atoms with E-state index in [0.29, 0.717) is 6.54 Å². The molecule has 0 fully saturated rings. The molecule has 0 bridgehead atoms. The fourth-order valence-electron chi connectivity index (χ4n) is 1.51. The van der Waals surface area contributed by atoms with E-state index in [-0.39, 0.29) is 11.9 Å². The first kappa shape index (κ1) is 11.5. The summed E-state index contributed by atoms with van der Waals surface area (Å²) in [7, 11) is 0. The average Bonchev–Trinajstić information content (AvgIpc) is 2.39. The van der Waals surface area contributed by atoms with Gasteiger partial charge in [0.2, 0.25) is 0 Å². The van der Waals surface area contributed by atoms with Gasteiger partial charge in [0.25, 0.3) is 0 Å². The van der Waals surface area contributed by atoms with E-state index < -0.39 is 0 Å². The summed E-state index contributed by atoms with van der Waals surface area (Å²) in [6.45, 7) is 0.397. The van der Waals surface area contributed by atoms with E-state index in [1.54, 1.807) is 24.4 Å². The fraction of sp³-hybridized carbons (Fsp3) is 0.167. The number of benzene rings is 1. The first-order valence-electron chi connectivity index (χ1n) is 5.27. The molecule has 0 radical (unpaired) electrons. The van der Waals surface area contributed by atoms with Gasteiger partial charge >= 0.3 is 0 Å². The summed E-state index contributed by atoms with van der Waals surface area (Å²) < 4.78 is 12.8. The van der Waals surface area contributed by atoms with Crippen LogP contribution < -0.4 is 11.1 Å². The van der Waals surface area contributed by atoms with Crippen molar-refractivity contribution in [1.29, 1.82) is 0 Å². The molecule has 0 saturated carbocycles. The molecule has 3 N–H and O–H groups in total. The van der Waals surface area contributed by atoms with E-state index in [1.165, 1.54) is 18.5 Å². The topological polar surface area (TPSA) is 63.8 Å². The predicted octanol–water partition coefficient (Wildman–Crippen LogP) is 1.73. The van der Waals surface area contributed by atoms with Gasteiger partial charge in [-0.3, -0.25) is 0 Å². The molecular formula is C12H13FN4. The van der Waals surface area contributed by atoms with E-state index in [2.05, 4.69) is 15.3 Å². The molecular weight excluding hydrogens is 219 g/mol. The van der Waals surface area contributed by atoms with Crippen molar-refractivity contribution in [1.82, 2.24) is 9.97 Å². The summed E-state index contributed by atoms with van der Waals surface area (Å²) in [4.78, 5) is 7.99. The minimum Gasteiger partial charge on any atom is -0.375 e. The average molecular weight is 232 g/mol. The first-order valence-corrected chi connectivity index (χ1v) is 5.27. The molecule has 0 aliphatic carbocycles. The molecule has 17 heavy (non-hydrogen) atoms. The van der Waals surface area contributed by atoms with Gasteiger partial charge in [0, 0.05) is 18.4 Å². The summed E-state index contributed by atoms with van der Waals surface area (Å²) in [6, 6.07) is 7.82. The highest BCUT2D eigenvalue weighted by atomic mass is 19.1. The third kappa shape index (κ3) is 2.98. The predicted molar refractivity (Wildman–Crippen MR) is 63.9 cm³/mol. The number of rotatable bonds is 4. The molecule has 1 aromatic carbocycles. The molecule has 1 heterocycles. The van der Waals surface area contributed by atoms with Gasteiger partial charge in [-0.15, -0.1) is 0 Å². The maximum Gasteiger partial charge on any atom is 0.123 e. The minimum absolute atomic E-state index is 0.108. The summed E-state index contributed by atoms with van der Waals surface area (Å²) in [5.41, 5.74) is 7.30. The summed E-state index contributed by atoms with van der Waals surface area (Å²) in [5, 5.41) is 3.19. The van der Waals surface area contributed by atoms with Crippen LogP contribution >= 0.6 is 0 Å². The Labute approximate surface area is 98.7 Å². The Morgan fingerprint density at radius 3 is 2.59 bits per heavy atom. The number of halogens is 1. The molecule has 1 atom stereocenters. The lowest BCUT2D eigenvalue weighted by molar-refractivity contribution is 0.627. The fourth-order valence-corrected chi connectivity index (χ4v) is 1.51. The van der Waals surface area contributed by atoms with E-state index in [1.807, 2.05) is 0 Å². The van der Waals surface area contributed by atoms with E-state index in [4.69, 9.17) is 5.73 Å². The SMILES string of the molecule is NCC(Nc1ccc(F)cc1)c1ccncn1. The second-order valence-electron chi connectivity index (χ2n) is 3.57. The highest BCUT2D eigenvalue weighted by Crippen LogP contribution is 2.16. The van der Waals surface area contributed by atoms with Crippen LogP contribution in [-0.4, -0.2) is 16.5 Å². The van der Waals surface area contributed by atoms with Gasteiger partial charge < -0.3 is 11.1 Å². The molecule has 0 aliphatic rings. The van der Waals surface area contributed by atoms with Crippen LogP contribution in [0.5, 0.6) is 0 Å². The van der Waals surface area contributed by atoms with Crippen LogP contribution in [0, 0.1) is 5.82 Å². The lowest BCUT2D eigenvalue weighted by atomic mass is 10.2. The van der Waals surface area contributed by atoms with Gasteiger partial charge in [-0.2, -0.15) is 0 Å². The largest absolute Gasteiger partial charge is 0.375 e. The Balaban J connectivity index is 2.13. The number of nitrogens with one attached hydrogen (secondary N) is 1. The molecule has 0 aliphatic heterocycles. The maximum atomic E-state index is 12.8. The van der Waals surface area contributed by atoms with Gasteiger partial charge in [-0.05, 0) is 30.3 Å². The number of nitrogens with two attached hydrogens (primary N) is 1. The van der Waals surface area contributed by atoms with Crippen LogP contribution in [0.1, 0.15) is 11.7 Å². The molecule has 1 aromatic heterocycles. The molecule has 5 heteroatoms. The number of aromatic nitrogens is 2. The third-order valence-electron chi connectivity index (χ3n) is 2.38. The van der Waals surface area contributed by atoms with Crippen LogP contribution in [-0.2, 0) is 0 Å².